The first-order valence-electron chi connectivity index (χ1n) is 3.84. The Labute approximate surface area is 75.9 Å². The Balaban J connectivity index is 2.51. The largest absolute Gasteiger partial charge is 0.197 e. The van der Waals surface area contributed by atoms with Crippen LogP contribution in [-0.4, -0.2) is 4.37 Å². The van der Waals surface area contributed by atoms with E-state index in [1.54, 1.807) is 0 Å². The molecule has 1 aromatic heterocycles. The quantitative estimate of drug-likeness (QED) is 0.649. The fourth-order valence-corrected chi connectivity index (χ4v) is 1.91. The van der Waals surface area contributed by atoms with Crippen LogP contribution in [0.4, 0.5) is 0 Å². The Kier molecular flexibility index (Phi) is 1.92. The smallest absolute Gasteiger partial charge is 0.0589 e. The summed E-state index contributed by atoms with van der Waals surface area (Å²) in [6.45, 7) is 2.04. The maximum Gasteiger partial charge on any atom is 0.0589 e. The molecule has 0 radical (unpaired) electrons. The second kappa shape index (κ2) is 3.07. The average Bonchev–Trinajstić information content (AvgIpc) is 2.53. The number of rotatable bonds is 1. The van der Waals surface area contributed by atoms with Gasteiger partial charge in [-0.15, -0.1) is 0 Å². The zero-order valence-electron chi connectivity index (χ0n) is 6.82. The zero-order valence-corrected chi connectivity index (χ0v) is 7.64. The predicted molar refractivity (Wildman–Crippen MR) is 52.3 cm³/mol. The summed E-state index contributed by atoms with van der Waals surface area (Å²) in [5.74, 6) is 0. The molecule has 0 aliphatic rings. The summed E-state index contributed by atoms with van der Waals surface area (Å²) < 4.78 is 4.23. The van der Waals surface area contributed by atoms with E-state index in [-0.39, 0.29) is 0 Å². The summed E-state index contributed by atoms with van der Waals surface area (Å²) in [6, 6.07) is 10.3. The highest BCUT2D eigenvalue weighted by atomic mass is 32.1. The molecule has 0 aliphatic carbocycles. The monoisotopic (exact) mass is 175 g/mol. The van der Waals surface area contributed by atoms with Crippen LogP contribution >= 0.6 is 11.5 Å². The fraction of sp³-hybridized carbons (Fsp3) is 0.100. The molecule has 1 heterocycles. The van der Waals surface area contributed by atoms with E-state index in [0.29, 0.717) is 0 Å². The molecule has 2 heteroatoms. The summed E-state index contributed by atoms with van der Waals surface area (Å²) in [5.41, 5.74) is 3.62. The third-order valence-corrected chi connectivity index (χ3v) is 2.56. The van der Waals surface area contributed by atoms with E-state index in [9.17, 15) is 0 Å². The third-order valence-electron chi connectivity index (χ3n) is 1.83. The standard InChI is InChI=1S/C10H9NS/c1-8-10(7-12-11-8)9-5-3-2-4-6-9/h2-7H,1H3. The SMILES string of the molecule is Cc1nscc1-c1ccccc1. The van der Waals surface area contributed by atoms with Crippen LogP contribution in [0.1, 0.15) is 5.69 Å². The second-order valence-electron chi connectivity index (χ2n) is 2.68. The Morgan fingerprint density at radius 1 is 1.17 bits per heavy atom. The number of benzene rings is 1. The van der Waals surface area contributed by atoms with Gasteiger partial charge in [0.25, 0.3) is 0 Å². The molecular formula is C10H9NS. The highest BCUT2D eigenvalue weighted by molar-refractivity contribution is 7.04. The van der Waals surface area contributed by atoms with Crippen LogP contribution in [0.15, 0.2) is 35.7 Å². The van der Waals surface area contributed by atoms with Crippen molar-refractivity contribution >= 4 is 11.5 Å². The van der Waals surface area contributed by atoms with Gasteiger partial charge in [-0.3, -0.25) is 0 Å². The molecule has 0 aliphatic heterocycles. The molecule has 0 spiro atoms. The van der Waals surface area contributed by atoms with Crippen LogP contribution in [0.2, 0.25) is 0 Å². The van der Waals surface area contributed by atoms with Gasteiger partial charge >= 0.3 is 0 Å². The van der Waals surface area contributed by atoms with Crippen LogP contribution in [0.5, 0.6) is 0 Å². The van der Waals surface area contributed by atoms with E-state index in [2.05, 4.69) is 21.9 Å². The van der Waals surface area contributed by atoms with Crippen molar-refractivity contribution in [1.82, 2.24) is 4.37 Å². The van der Waals surface area contributed by atoms with Crippen molar-refractivity contribution in [3.8, 4) is 11.1 Å². The van der Waals surface area contributed by atoms with Gasteiger partial charge in [-0.2, -0.15) is 4.37 Å². The molecule has 2 aromatic rings. The zero-order chi connectivity index (χ0) is 8.39. The minimum Gasteiger partial charge on any atom is -0.197 e. The minimum absolute atomic E-state index is 1.12. The first kappa shape index (κ1) is 7.50. The highest BCUT2D eigenvalue weighted by Gasteiger charge is 2.01. The van der Waals surface area contributed by atoms with E-state index < -0.39 is 0 Å². The topological polar surface area (TPSA) is 12.9 Å². The first-order chi connectivity index (χ1) is 5.88. The summed E-state index contributed by atoms with van der Waals surface area (Å²) >= 11 is 1.51. The maximum absolute atomic E-state index is 4.23. The lowest BCUT2D eigenvalue weighted by Gasteiger charge is -1.96. The van der Waals surface area contributed by atoms with E-state index in [4.69, 9.17) is 0 Å². The van der Waals surface area contributed by atoms with Gasteiger partial charge in [0, 0.05) is 10.9 Å². The van der Waals surface area contributed by atoms with E-state index >= 15 is 0 Å². The van der Waals surface area contributed by atoms with Gasteiger partial charge in [-0.1, -0.05) is 30.3 Å². The van der Waals surface area contributed by atoms with Crippen LogP contribution in [0.3, 0.4) is 0 Å². The molecule has 12 heavy (non-hydrogen) atoms. The second-order valence-corrected chi connectivity index (χ2v) is 3.31. The van der Waals surface area contributed by atoms with Crippen molar-refractivity contribution in [3.05, 3.63) is 41.4 Å². The molecule has 1 aromatic carbocycles. The number of aromatic nitrogens is 1. The van der Waals surface area contributed by atoms with Crippen molar-refractivity contribution in [2.75, 3.05) is 0 Å². The molecule has 0 fully saturated rings. The summed E-state index contributed by atoms with van der Waals surface area (Å²) in [6.07, 6.45) is 0. The van der Waals surface area contributed by atoms with Crippen LogP contribution in [0, 0.1) is 6.92 Å². The molecule has 0 atom stereocenters. The van der Waals surface area contributed by atoms with Gasteiger partial charge in [-0.05, 0) is 24.0 Å². The number of nitrogens with zero attached hydrogens (tertiary/aromatic N) is 1. The Bertz CT molecular complexity index is 364. The number of hydrogen-bond donors (Lipinski definition) is 0. The summed E-state index contributed by atoms with van der Waals surface area (Å²) in [7, 11) is 0. The lowest BCUT2D eigenvalue weighted by atomic mass is 10.1. The average molecular weight is 175 g/mol. The van der Waals surface area contributed by atoms with Crippen molar-refractivity contribution < 1.29 is 0 Å². The van der Waals surface area contributed by atoms with Gasteiger partial charge in [0.2, 0.25) is 0 Å². The summed E-state index contributed by atoms with van der Waals surface area (Å²) in [5, 5.41) is 2.09. The lowest BCUT2D eigenvalue weighted by molar-refractivity contribution is 1.34. The van der Waals surface area contributed by atoms with Crippen molar-refractivity contribution in [3.63, 3.8) is 0 Å². The molecule has 60 valence electrons. The van der Waals surface area contributed by atoms with Gasteiger partial charge < -0.3 is 0 Å². The normalized spacial score (nSPS) is 10.1. The predicted octanol–water partition coefficient (Wildman–Crippen LogP) is 3.12. The molecule has 2 rings (SSSR count). The van der Waals surface area contributed by atoms with Gasteiger partial charge in [0.05, 0.1) is 5.69 Å². The Morgan fingerprint density at radius 2 is 1.92 bits per heavy atom. The maximum atomic E-state index is 4.23. The van der Waals surface area contributed by atoms with E-state index in [0.717, 1.165) is 5.69 Å². The first-order valence-corrected chi connectivity index (χ1v) is 4.68. The number of hydrogen-bond acceptors (Lipinski definition) is 2. The Morgan fingerprint density at radius 3 is 2.50 bits per heavy atom. The van der Waals surface area contributed by atoms with Crippen molar-refractivity contribution in [2.24, 2.45) is 0 Å². The van der Waals surface area contributed by atoms with Gasteiger partial charge in [0.15, 0.2) is 0 Å². The van der Waals surface area contributed by atoms with Crippen LogP contribution < -0.4 is 0 Å². The fourth-order valence-electron chi connectivity index (χ4n) is 1.19. The van der Waals surface area contributed by atoms with E-state index in [1.807, 2.05) is 25.1 Å². The molecule has 0 saturated heterocycles. The number of aryl methyl sites for hydroxylation is 1. The minimum atomic E-state index is 1.12. The van der Waals surface area contributed by atoms with E-state index in [1.165, 1.54) is 22.7 Å². The third kappa shape index (κ3) is 1.25. The highest BCUT2D eigenvalue weighted by Crippen LogP contribution is 2.23. The summed E-state index contributed by atoms with van der Waals surface area (Å²) in [4.78, 5) is 0. The van der Waals surface area contributed by atoms with Crippen LogP contribution in [0.25, 0.3) is 11.1 Å². The molecule has 1 nitrogen and oxygen atoms in total. The Hall–Kier alpha value is -1.15. The molecule has 0 unspecified atom stereocenters. The molecule has 0 N–H and O–H groups in total. The molecule has 0 bridgehead atoms. The van der Waals surface area contributed by atoms with Gasteiger partial charge in [-0.25, -0.2) is 0 Å². The van der Waals surface area contributed by atoms with Gasteiger partial charge in [0.1, 0.15) is 0 Å². The molecular weight excluding hydrogens is 166 g/mol. The lowest BCUT2D eigenvalue weighted by Crippen LogP contribution is -1.76. The van der Waals surface area contributed by atoms with Crippen LogP contribution in [-0.2, 0) is 0 Å². The molecule has 0 saturated carbocycles. The van der Waals surface area contributed by atoms with Crippen molar-refractivity contribution in [2.45, 2.75) is 6.92 Å². The molecule has 0 amide bonds. The van der Waals surface area contributed by atoms with Crippen molar-refractivity contribution in [1.29, 1.82) is 0 Å².